The number of ether oxygens (including phenoxy) is 2. The van der Waals surface area contributed by atoms with Crippen LogP contribution in [0.25, 0.3) is 10.9 Å². The monoisotopic (exact) mass is 387 g/mol. The topological polar surface area (TPSA) is 138 Å². The molecule has 0 unspecified atom stereocenters. The standard InChI is InChI=1S/C19H21N3O6/c1-10(14(18(25)27-2)19(26)28-3)15(16(20)23)22-17(24)12-8-9-21-13-7-5-4-6-11(12)13/h4-10,14-15H,1-3H3,(H2,20,23)(H,22,24)/t10-,15+/m1/s1. The number of esters is 2. The van der Waals surface area contributed by atoms with Crippen molar-refractivity contribution in [1.29, 1.82) is 0 Å². The van der Waals surface area contributed by atoms with Crippen LogP contribution in [-0.2, 0) is 23.9 Å². The maximum atomic E-state index is 12.8. The van der Waals surface area contributed by atoms with Gasteiger partial charge in [0.2, 0.25) is 5.91 Å². The summed E-state index contributed by atoms with van der Waals surface area (Å²) in [5.74, 6) is -5.72. The van der Waals surface area contributed by atoms with E-state index in [1.807, 2.05) is 0 Å². The Morgan fingerprint density at radius 1 is 1.04 bits per heavy atom. The average Bonchev–Trinajstić information content (AvgIpc) is 2.70. The normalized spacial score (nSPS) is 12.9. The number of rotatable bonds is 7. The first-order valence-electron chi connectivity index (χ1n) is 8.41. The first-order valence-corrected chi connectivity index (χ1v) is 8.41. The van der Waals surface area contributed by atoms with Crippen molar-refractivity contribution in [3.63, 3.8) is 0 Å². The lowest BCUT2D eigenvalue weighted by Crippen LogP contribution is -2.52. The Balaban J connectivity index is 2.35. The molecule has 0 saturated carbocycles. The minimum absolute atomic E-state index is 0.275. The van der Waals surface area contributed by atoms with Gasteiger partial charge >= 0.3 is 11.9 Å². The van der Waals surface area contributed by atoms with Crippen molar-refractivity contribution in [2.24, 2.45) is 17.6 Å². The number of hydrogen-bond donors (Lipinski definition) is 2. The summed E-state index contributed by atoms with van der Waals surface area (Å²) in [5, 5.41) is 3.09. The molecule has 0 aliphatic rings. The highest BCUT2D eigenvalue weighted by Crippen LogP contribution is 2.21. The van der Waals surface area contributed by atoms with Gasteiger partial charge in [-0.1, -0.05) is 25.1 Å². The van der Waals surface area contributed by atoms with Crippen molar-refractivity contribution < 1.29 is 28.7 Å². The number of primary amides is 1. The van der Waals surface area contributed by atoms with Crippen molar-refractivity contribution in [2.75, 3.05) is 14.2 Å². The number of nitrogens with two attached hydrogens (primary N) is 1. The second-order valence-corrected chi connectivity index (χ2v) is 6.11. The Morgan fingerprint density at radius 3 is 2.21 bits per heavy atom. The summed E-state index contributed by atoms with van der Waals surface area (Å²) in [6, 6.07) is 7.17. The van der Waals surface area contributed by atoms with E-state index in [1.54, 1.807) is 24.3 Å². The first-order chi connectivity index (χ1) is 13.3. The number of pyridine rings is 1. The molecule has 2 rings (SSSR count). The molecule has 1 aromatic carbocycles. The Labute approximate surface area is 161 Å². The van der Waals surface area contributed by atoms with Gasteiger partial charge in [0.05, 0.1) is 25.3 Å². The van der Waals surface area contributed by atoms with Crippen molar-refractivity contribution in [2.45, 2.75) is 13.0 Å². The lowest BCUT2D eigenvalue weighted by atomic mass is 9.86. The summed E-state index contributed by atoms with van der Waals surface area (Å²) in [5.41, 5.74) is 6.30. The van der Waals surface area contributed by atoms with E-state index in [2.05, 4.69) is 19.8 Å². The third-order valence-corrected chi connectivity index (χ3v) is 4.45. The fourth-order valence-electron chi connectivity index (χ4n) is 2.95. The highest BCUT2D eigenvalue weighted by atomic mass is 16.5. The molecule has 2 aromatic rings. The van der Waals surface area contributed by atoms with Crippen LogP contribution in [0, 0.1) is 11.8 Å². The maximum Gasteiger partial charge on any atom is 0.320 e. The number of benzene rings is 1. The molecule has 0 saturated heterocycles. The van der Waals surface area contributed by atoms with E-state index >= 15 is 0 Å². The zero-order chi connectivity index (χ0) is 20.8. The van der Waals surface area contributed by atoms with E-state index in [0.29, 0.717) is 10.9 Å². The Morgan fingerprint density at radius 2 is 1.64 bits per heavy atom. The number of carbonyl (C=O) groups is 4. The number of para-hydroxylation sites is 1. The third kappa shape index (κ3) is 4.25. The molecule has 0 aliphatic heterocycles. The van der Waals surface area contributed by atoms with Crippen LogP contribution in [0.2, 0.25) is 0 Å². The summed E-state index contributed by atoms with van der Waals surface area (Å²) in [6.45, 7) is 1.43. The highest BCUT2D eigenvalue weighted by Gasteiger charge is 2.41. The average molecular weight is 387 g/mol. The van der Waals surface area contributed by atoms with Crippen LogP contribution in [0.5, 0.6) is 0 Å². The van der Waals surface area contributed by atoms with Gasteiger partial charge in [-0.25, -0.2) is 0 Å². The molecule has 0 aliphatic carbocycles. The number of fused-ring (bicyclic) bond motifs is 1. The predicted octanol–water partition coefficient (Wildman–Crippen LogP) is 0.417. The quantitative estimate of drug-likeness (QED) is 0.518. The SMILES string of the molecule is COC(=O)C(C(=O)OC)[C@@H](C)[C@H](NC(=O)c1ccnc2ccccc12)C(N)=O. The second-order valence-electron chi connectivity index (χ2n) is 6.11. The van der Waals surface area contributed by atoms with E-state index in [-0.39, 0.29) is 5.56 Å². The van der Waals surface area contributed by atoms with Crippen LogP contribution in [0.4, 0.5) is 0 Å². The molecule has 1 heterocycles. The second kappa shape index (κ2) is 8.94. The molecule has 9 heteroatoms. The summed E-state index contributed by atoms with van der Waals surface area (Å²) in [4.78, 5) is 53.0. The molecule has 0 radical (unpaired) electrons. The molecule has 2 amide bonds. The maximum absolute atomic E-state index is 12.8. The van der Waals surface area contributed by atoms with E-state index in [9.17, 15) is 19.2 Å². The van der Waals surface area contributed by atoms with Gasteiger partial charge in [0.25, 0.3) is 5.91 Å². The van der Waals surface area contributed by atoms with Gasteiger partial charge in [-0.05, 0) is 12.1 Å². The fourth-order valence-corrected chi connectivity index (χ4v) is 2.95. The lowest BCUT2D eigenvalue weighted by molar-refractivity contribution is -0.161. The molecule has 3 N–H and O–H groups in total. The van der Waals surface area contributed by atoms with Crippen LogP contribution in [0.1, 0.15) is 17.3 Å². The number of aromatic nitrogens is 1. The van der Waals surface area contributed by atoms with Crippen molar-refractivity contribution in [3.05, 3.63) is 42.1 Å². The van der Waals surface area contributed by atoms with Crippen LogP contribution < -0.4 is 11.1 Å². The van der Waals surface area contributed by atoms with Gasteiger partial charge in [0, 0.05) is 17.5 Å². The number of nitrogens with one attached hydrogen (secondary N) is 1. The molecule has 1 aromatic heterocycles. The first kappa shape index (κ1) is 20.8. The molecular weight excluding hydrogens is 366 g/mol. The Hall–Kier alpha value is -3.49. The number of amides is 2. The minimum atomic E-state index is -1.43. The smallest absolute Gasteiger partial charge is 0.320 e. The molecule has 148 valence electrons. The fraction of sp³-hybridized carbons (Fsp3) is 0.316. The largest absolute Gasteiger partial charge is 0.468 e. The number of methoxy groups -OCH3 is 2. The molecular formula is C19H21N3O6. The Bertz CT molecular complexity index is 892. The summed E-state index contributed by atoms with van der Waals surface area (Å²) >= 11 is 0. The van der Waals surface area contributed by atoms with Crippen molar-refractivity contribution in [1.82, 2.24) is 10.3 Å². The van der Waals surface area contributed by atoms with Gasteiger partial charge < -0.3 is 20.5 Å². The van der Waals surface area contributed by atoms with Gasteiger partial charge in [-0.15, -0.1) is 0 Å². The van der Waals surface area contributed by atoms with E-state index in [1.165, 1.54) is 19.2 Å². The molecule has 2 atom stereocenters. The zero-order valence-corrected chi connectivity index (χ0v) is 15.7. The molecule has 28 heavy (non-hydrogen) atoms. The van der Waals surface area contributed by atoms with E-state index in [4.69, 9.17) is 5.73 Å². The lowest BCUT2D eigenvalue weighted by Gasteiger charge is -2.26. The molecule has 9 nitrogen and oxygen atoms in total. The summed E-state index contributed by atoms with van der Waals surface area (Å²) in [7, 11) is 2.21. The van der Waals surface area contributed by atoms with Gasteiger partial charge in [-0.2, -0.15) is 0 Å². The van der Waals surface area contributed by atoms with Crippen LogP contribution in [-0.4, -0.2) is 49.0 Å². The van der Waals surface area contributed by atoms with Crippen LogP contribution in [0.15, 0.2) is 36.5 Å². The summed E-state index contributed by atoms with van der Waals surface area (Å²) < 4.78 is 9.24. The highest BCUT2D eigenvalue weighted by molar-refractivity contribution is 6.07. The minimum Gasteiger partial charge on any atom is -0.468 e. The molecule has 0 spiro atoms. The van der Waals surface area contributed by atoms with Crippen molar-refractivity contribution >= 4 is 34.7 Å². The number of hydrogen-bond acceptors (Lipinski definition) is 7. The van der Waals surface area contributed by atoms with E-state index in [0.717, 1.165) is 14.2 Å². The Kier molecular flexibility index (Phi) is 6.64. The van der Waals surface area contributed by atoms with Gasteiger partial charge in [0.15, 0.2) is 5.92 Å². The zero-order valence-electron chi connectivity index (χ0n) is 15.7. The predicted molar refractivity (Wildman–Crippen MR) is 98.9 cm³/mol. The van der Waals surface area contributed by atoms with Crippen molar-refractivity contribution in [3.8, 4) is 0 Å². The van der Waals surface area contributed by atoms with Gasteiger partial charge in [0.1, 0.15) is 6.04 Å². The van der Waals surface area contributed by atoms with Crippen LogP contribution >= 0.6 is 0 Å². The molecule has 0 bridgehead atoms. The number of carbonyl (C=O) groups excluding carboxylic acids is 4. The molecule has 0 fully saturated rings. The summed E-state index contributed by atoms with van der Waals surface area (Å²) in [6.07, 6.45) is 1.46. The number of nitrogens with zero attached hydrogens (tertiary/aromatic N) is 1. The van der Waals surface area contributed by atoms with Gasteiger partial charge in [-0.3, -0.25) is 24.2 Å². The van der Waals surface area contributed by atoms with Crippen LogP contribution in [0.3, 0.4) is 0 Å². The third-order valence-electron chi connectivity index (χ3n) is 4.45. The van der Waals surface area contributed by atoms with E-state index < -0.39 is 41.6 Å².